The molecular formula is C24H19Cl2N3O2. The summed E-state index contributed by atoms with van der Waals surface area (Å²) >= 11 is 12.0. The van der Waals surface area contributed by atoms with Gasteiger partial charge in [-0.1, -0.05) is 65.7 Å². The number of benzene rings is 3. The summed E-state index contributed by atoms with van der Waals surface area (Å²) in [6.45, 7) is 0.911. The van der Waals surface area contributed by atoms with E-state index in [9.17, 15) is 4.79 Å². The lowest BCUT2D eigenvalue weighted by Crippen LogP contribution is -2.12. The van der Waals surface area contributed by atoms with Gasteiger partial charge in [-0.05, 0) is 41.5 Å². The predicted octanol–water partition coefficient (Wildman–Crippen LogP) is 6.07. The summed E-state index contributed by atoms with van der Waals surface area (Å²) in [5, 5.41) is 8.18. The molecule has 0 atom stereocenters. The lowest BCUT2D eigenvalue weighted by Gasteiger charge is -2.09. The molecule has 1 aromatic heterocycles. The zero-order valence-corrected chi connectivity index (χ0v) is 18.0. The number of hydrogen-bond donors (Lipinski definition) is 1. The molecule has 1 heterocycles. The average Bonchev–Trinajstić information content (AvgIpc) is 3.20. The zero-order chi connectivity index (χ0) is 21.6. The molecule has 3 aromatic carbocycles. The molecule has 5 nitrogen and oxygen atoms in total. The summed E-state index contributed by atoms with van der Waals surface area (Å²) in [5.74, 6) is 0.317. The molecule has 0 unspecified atom stereocenters. The number of carbonyl (C=O) groups is 1. The van der Waals surface area contributed by atoms with Crippen LogP contribution in [0.5, 0.6) is 5.75 Å². The first kappa shape index (κ1) is 21.0. The van der Waals surface area contributed by atoms with Crippen molar-refractivity contribution in [1.29, 1.82) is 0 Å². The highest BCUT2D eigenvalue weighted by atomic mass is 35.5. The van der Waals surface area contributed by atoms with E-state index < -0.39 is 0 Å². The number of amides is 1. The third kappa shape index (κ3) is 5.66. The van der Waals surface area contributed by atoms with Gasteiger partial charge in [-0.2, -0.15) is 5.10 Å². The van der Waals surface area contributed by atoms with E-state index in [0.29, 0.717) is 33.6 Å². The fraction of sp³-hybridized carbons (Fsp3) is 0.0833. The van der Waals surface area contributed by atoms with E-state index in [2.05, 4.69) is 10.4 Å². The molecule has 0 saturated carbocycles. The van der Waals surface area contributed by atoms with Crippen molar-refractivity contribution in [3.8, 4) is 5.75 Å². The van der Waals surface area contributed by atoms with Crippen molar-refractivity contribution in [2.75, 3.05) is 5.32 Å². The molecule has 4 rings (SSSR count). The second-order valence-electron chi connectivity index (χ2n) is 6.93. The molecule has 0 radical (unpaired) electrons. The van der Waals surface area contributed by atoms with Crippen molar-refractivity contribution in [3.63, 3.8) is 0 Å². The zero-order valence-electron chi connectivity index (χ0n) is 16.5. The van der Waals surface area contributed by atoms with E-state index in [1.807, 2.05) is 42.5 Å². The summed E-state index contributed by atoms with van der Waals surface area (Å²) in [6.07, 6.45) is 3.44. The van der Waals surface area contributed by atoms with Gasteiger partial charge in [0, 0.05) is 16.8 Å². The number of ether oxygens (including phenoxy) is 1. The monoisotopic (exact) mass is 451 g/mol. The van der Waals surface area contributed by atoms with E-state index >= 15 is 0 Å². The third-order valence-corrected chi connectivity index (χ3v) is 5.09. The summed E-state index contributed by atoms with van der Waals surface area (Å²) < 4.78 is 7.54. The third-order valence-electron chi connectivity index (χ3n) is 4.56. The van der Waals surface area contributed by atoms with Gasteiger partial charge in [0.15, 0.2) is 0 Å². The van der Waals surface area contributed by atoms with Crippen LogP contribution in [0.3, 0.4) is 0 Å². The van der Waals surface area contributed by atoms with Crippen LogP contribution in [0.2, 0.25) is 10.0 Å². The van der Waals surface area contributed by atoms with Crippen molar-refractivity contribution >= 4 is 34.8 Å². The smallest absolute Gasteiger partial charge is 0.255 e. The number of aromatic nitrogens is 2. The summed E-state index contributed by atoms with van der Waals surface area (Å²) in [6, 6.07) is 22.3. The molecule has 0 fully saturated rings. The molecule has 0 aliphatic heterocycles. The molecular weight excluding hydrogens is 433 g/mol. The number of halogens is 2. The number of nitrogens with zero attached hydrogens (tertiary/aromatic N) is 2. The quantitative estimate of drug-likeness (QED) is 0.370. The van der Waals surface area contributed by atoms with Gasteiger partial charge in [-0.3, -0.25) is 9.48 Å². The fourth-order valence-corrected chi connectivity index (χ4v) is 3.51. The van der Waals surface area contributed by atoms with Crippen LogP contribution in [0.1, 0.15) is 21.5 Å². The van der Waals surface area contributed by atoms with Crippen LogP contribution in [0, 0.1) is 0 Å². The Balaban J connectivity index is 1.38. The van der Waals surface area contributed by atoms with E-state index in [4.69, 9.17) is 27.9 Å². The lowest BCUT2D eigenvalue weighted by molar-refractivity contribution is 0.102. The average molecular weight is 452 g/mol. The first-order valence-corrected chi connectivity index (χ1v) is 10.4. The first-order valence-electron chi connectivity index (χ1n) is 9.61. The van der Waals surface area contributed by atoms with Crippen LogP contribution >= 0.6 is 23.2 Å². The van der Waals surface area contributed by atoms with E-state index in [-0.39, 0.29) is 12.5 Å². The number of rotatable bonds is 7. The fourth-order valence-electron chi connectivity index (χ4n) is 3.04. The van der Waals surface area contributed by atoms with Gasteiger partial charge >= 0.3 is 0 Å². The summed E-state index contributed by atoms with van der Waals surface area (Å²) in [5.41, 5.74) is 3.14. The van der Waals surface area contributed by atoms with E-state index in [1.54, 1.807) is 47.4 Å². The van der Waals surface area contributed by atoms with Crippen LogP contribution in [-0.2, 0) is 13.2 Å². The normalized spacial score (nSPS) is 10.6. The van der Waals surface area contributed by atoms with Crippen molar-refractivity contribution < 1.29 is 9.53 Å². The van der Waals surface area contributed by atoms with Gasteiger partial charge in [-0.25, -0.2) is 0 Å². The highest BCUT2D eigenvalue weighted by Gasteiger charge is 2.10. The highest BCUT2D eigenvalue weighted by Crippen LogP contribution is 2.28. The molecule has 0 bridgehead atoms. The molecule has 156 valence electrons. The van der Waals surface area contributed by atoms with Gasteiger partial charge in [0.05, 0.1) is 23.5 Å². The van der Waals surface area contributed by atoms with E-state index in [1.165, 1.54) is 0 Å². The SMILES string of the molecule is O=C(Nc1cnn(Cc2ccccc2)c1)c1cccc(COc2ccc(Cl)cc2Cl)c1. The van der Waals surface area contributed by atoms with Gasteiger partial charge in [0.25, 0.3) is 5.91 Å². The Labute approximate surface area is 190 Å². The topological polar surface area (TPSA) is 56.2 Å². The maximum atomic E-state index is 12.7. The van der Waals surface area contributed by atoms with Crippen molar-refractivity contribution in [2.45, 2.75) is 13.2 Å². The molecule has 0 aliphatic rings. The minimum Gasteiger partial charge on any atom is -0.487 e. The molecule has 1 amide bonds. The second-order valence-corrected chi connectivity index (χ2v) is 7.77. The van der Waals surface area contributed by atoms with Crippen LogP contribution in [0.4, 0.5) is 5.69 Å². The Bertz CT molecular complexity index is 1190. The lowest BCUT2D eigenvalue weighted by atomic mass is 10.1. The van der Waals surface area contributed by atoms with E-state index in [0.717, 1.165) is 11.1 Å². The van der Waals surface area contributed by atoms with Gasteiger partial charge in [-0.15, -0.1) is 0 Å². The van der Waals surface area contributed by atoms with Crippen LogP contribution in [0.15, 0.2) is 85.2 Å². The minimum absolute atomic E-state index is 0.217. The highest BCUT2D eigenvalue weighted by molar-refractivity contribution is 6.35. The summed E-state index contributed by atoms with van der Waals surface area (Å²) in [7, 11) is 0. The van der Waals surface area contributed by atoms with Crippen LogP contribution in [-0.4, -0.2) is 15.7 Å². The Kier molecular flexibility index (Phi) is 6.55. The number of hydrogen-bond acceptors (Lipinski definition) is 3. The summed E-state index contributed by atoms with van der Waals surface area (Å²) in [4.78, 5) is 12.7. The number of carbonyl (C=O) groups excluding carboxylic acids is 1. The van der Waals surface area contributed by atoms with Crippen LogP contribution in [0.25, 0.3) is 0 Å². The molecule has 31 heavy (non-hydrogen) atoms. The Morgan fingerprint density at radius 1 is 0.968 bits per heavy atom. The van der Waals surface area contributed by atoms with Crippen LogP contribution < -0.4 is 10.1 Å². The predicted molar refractivity (Wildman–Crippen MR) is 123 cm³/mol. The second kappa shape index (κ2) is 9.69. The largest absolute Gasteiger partial charge is 0.487 e. The van der Waals surface area contributed by atoms with Gasteiger partial charge < -0.3 is 10.1 Å². The molecule has 7 heteroatoms. The standard InChI is InChI=1S/C24H19Cl2N3O2/c25-20-9-10-23(22(26)12-20)31-16-18-7-4-8-19(11-18)24(30)28-21-13-27-29(15-21)14-17-5-2-1-3-6-17/h1-13,15H,14,16H2,(H,28,30). The van der Waals surface area contributed by atoms with Crippen molar-refractivity contribution in [2.24, 2.45) is 0 Å². The number of anilines is 1. The van der Waals surface area contributed by atoms with Crippen molar-refractivity contribution in [3.05, 3.63) is 112 Å². The maximum Gasteiger partial charge on any atom is 0.255 e. The molecule has 1 N–H and O–H groups in total. The molecule has 0 saturated heterocycles. The van der Waals surface area contributed by atoms with Gasteiger partial charge in [0.1, 0.15) is 12.4 Å². The Morgan fingerprint density at radius 2 is 1.77 bits per heavy atom. The molecule has 4 aromatic rings. The van der Waals surface area contributed by atoms with Gasteiger partial charge in [0.2, 0.25) is 0 Å². The Morgan fingerprint density at radius 3 is 2.58 bits per heavy atom. The van der Waals surface area contributed by atoms with Crippen molar-refractivity contribution in [1.82, 2.24) is 9.78 Å². The molecule has 0 aliphatic carbocycles. The maximum absolute atomic E-state index is 12.7. The minimum atomic E-state index is -0.217. The number of nitrogens with one attached hydrogen (secondary N) is 1. The Hall–Kier alpha value is -3.28. The molecule has 0 spiro atoms. The first-order chi connectivity index (χ1) is 15.1.